The molecule has 0 spiro atoms. The molecule has 2 aromatic heterocycles. The van der Waals surface area contributed by atoms with E-state index in [9.17, 15) is 4.79 Å². The monoisotopic (exact) mass is 533 g/mol. The van der Waals surface area contributed by atoms with Gasteiger partial charge in [-0.25, -0.2) is 4.98 Å². The zero-order valence-electron chi connectivity index (χ0n) is 25.5. The van der Waals surface area contributed by atoms with Gasteiger partial charge in [-0.3, -0.25) is 9.89 Å². The number of allylic oxidation sites excluding steroid dienone is 2. The van der Waals surface area contributed by atoms with E-state index in [1.54, 1.807) is 4.52 Å². The quantitative estimate of drug-likeness (QED) is 0.181. The van der Waals surface area contributed by atoms with E-state index < -0.39 is 0 Å². The van der Waals surface area contributed by atoms with Gasteiger partial charge < -0.3 is 10.2 Å². The van der Waals surface area contributed by atoms with Gasteiger partial charge in [-0.15, -0.1) is 0 Å². The van der Waals surface area contributed by atoms with Crippen LogP contribution in [-0.2, 0) is 12.8 Å². The molecule has 0 radical (unpaired) electrons. The average molecular weight is 534 g/mol. The molecule has 0 fully saturated rings. The molecule has 0 aliphatic carbocycles. The van der Waals surface area contributed by atoms with Crippen molar-refractivity contribution in [2.75, 3.05) is 23.3 Å². The molecule has 39 heavy (non-hydrogen) atoms. The maximum atomic E-state index is 13.9. The molecule has 0 bridgehead atoms. The molecule has 0 atom stereocenters. The number of aromatic amines is 1. The van der Waals surface area contributed by atoms with Crippen LogP contribution in [0, 0.1) is 6.92 Å². The minimum Gasteiger partial charge on any atom is -0.372 e. The molecule has 6 heteroatoms. The van der Waals surface area contributed by atoms with Gasteiger partial charge in [0, 0.05) is 30.0 Å². The molecule has 0 amide bonds. The molecular formula is C33H51N5O. The highest BCUT2D eigenvalue weighted by Gasteiger charge is 2.22. The van der Waals surface area contributed by atoms with Crippen molar-refractivity contribution in [2.45, 2.75) is 113 Å². The first-order valence-corrected chi connectivity index (χ1v) is 15.4. The van der Waals surface area contributed by atoms with Gasteiger partial charge in [-0.2, -0.15) is 4.52 Å². The van der Waals surface area contributed by atoms with Gasteiger partial charge in [-0.05, 0) is 88.6 Å². The molecule has 6 nitrogen and oxygen atoms in total. The zero-order valence-corrected chi connectivity index (χ0v) is 25.5. The number of hydrogen-bond donors (Lipinski definition) is 2. The van der Waals surface area contributed by atoms with Crippen molar-refractivity contribution in [3.05, 3.63) is 57.1 Å². The van der Waals surface area contributed by atoms with Gasteiger partial charge >= 0.3 is 0 Å². The lowest BCUT2D eigenvalue weighted by Gasteiger charge is -2.22. The standard InChI is InChI=1S/C33H51N5O/c1-8-14-17-20-29-27(19-16-10-3)33(39)38-32(35-29)31(30(36-38)25(11-4)18-15-9-2)34-28-22-21-26(23-24(28)7)37(12-5)13-6/h18,21-23,34,36H,8-17,19-20H2,1-7H3. The predicted molar refractivity (Wildman–Crippen MR) is 169 cm³/mol. The second kappa shape index (κ2) is 14.9. The second-order valence-corrected chi connectivity index (χ2v) is 10.6. The summed E-state index contributed by atoms with van der Waals surface area (Å²) >= 11 is 0. The van der Waals surface area contributed by atoms with Gasteiger partial charge in [0.1, 0.15) is 5.69 Å². The molecule has 3 aromatic rings. The van der Waals surface area contributed by atoms with Crippen molar-refractivity contribution in [3.63, 3.8) is 0 Å². The number of hydrogen-bond acceptors (Lipinski definition) is 4. The van der Waals surface area contributed by atoms with Crippen LogP contribution in [0.4, 0.5) is 17.1 Å². The van der Waals surface area contributed by atoms with E-state index >= 15 is 0 Å². The van der Waals surface area contributed by atoms with Crippen LogP contribution in [0.3, 0.4) is 0 Å². The Hall–Kier alpha value is -3.02. The number of anilines is 3. The SMILES string of the molecule is CCCC=C(CC)c1[nH]n2c(=O)c(CCCC)c(CCCCC)nc2c1Nc1ccc(N(CC)CC)cc1C. The molecule has 2 N–H and O–H groups in total. The molecule has 0 saturated heterocycles. The molecular weight excluding hydrogens is 482 g/mol. The number of nitrogens with one attached hydrogen (secondary N) is 2. The van der Waals surface area contributed by atoms with Crippen molar-refractivity contribution in [3.8, 4) is 0 Å². The summed E-state index contributed by atoms with van der Waals surface area (Å²) < 4.78 is 1.70. The van der Waals surface area contributed by atoms with Crippen LogP contribution in [0.5, 0.6) is 0 Å². The van der Waals surface area contributed by atoms with Gasteiger partial charge in [0.2, 0.25) is 0 Å². The van der Waals surface area contributed by atoms with Crippen LogP contribution in [0.1, 0.15) is 115 Å². The first-order chi connectivity index (χ1) is 18.9. The van der Waals surface area contributed by atoms with Crippen LogP contribution in [0.15, 0.2) is 29.1 Å². The Bertz CT molecular complexity index is 1300. The van der Waals surface area contributed by atoms with Crippen molar-refractivity contribution >= 4 is 28.3 Å². The highest BCUT2D eigenvalue weighted by atomic mass is 16.1. The van der Waals surface area contributed by atoms with Crippen LogP contribution in [0.25, 0.3) is 11.2 Å². The Balaban J connectivity index is 2.22. The Labute approximate surface area is 235 Å². The highest BCUT2D eigenvalue weighted by Crippen LogP contribution is 2.34. The molecule has 0 unspecified atom stereocenters. The minimum atomic E-state index is 0.0498. The smallest absolute Gasteiger partial charge is 0.276 e. The fourth-order valence-corrected chi connectivity index (χ4v) is 5.31. The number of nitrogens with zero attached hydrogens (tertiary/aromatic N) is 3. The first-order valence-electron chi connectivity index (χ1n) is 15.4. The molecule has 2 heterocycles. The third-order valence-electron chi connectivity index (χ3n) is 7.74. The topological polar surface area (TPSA) is 65.4 Å². The lowest BCUT2D eigenvalue weighted by Crippen LogP contribution is -2.23. The van der Waals surface area contributed by atoms with E-state index in [0.29, 0.717) is 5.65 Å². The second-order valence-electron chi connectivity index (χ2n) is 10.6. The van der Waals surface area contributed by atoms with Crippen LogP contribution >= 0.6 is 0 Å². The summed E-state index contributed by atoms with van der Waals surface area (Å²) in [5.41, 5.74) is 9.11. The summed E-state index contributed by atoms with van der Waals surface area (Å²) in [5.74, 6) is 0. The molecule has 1 aromatic carbocycles. The fraction of sp³-hybridized carbons (Fsp3) is 0.576. The maximum Gasteiger partial charge on any atom is 0.276 e. The van der Waals surface area contributed by atoms with Gasteiger partial charge in [-0.1, -0.05) is 59.5 Å². The Morgan fingerprint density at radius 1 is 1.00 bits per heavy atom. The molecule has 214 valence electrons. The van der Waals surface area contributed by atoms with E-state index in [-0.39, 0.29) is 5.56 Å². The third-order valence-corrected chi connectivity index (χ3v) is 7.74. The van der Waals surface area contributed by atoms with Crippen molar-refractivity contribution in [2.24, 2.45) is 0 Å². The largest absolute Gasteiger partial charge is 0.372 e. The molecule has 3 rings (SSSR count). The molecule has 0 aliphatic heterocycles. The number of aromatic nitrogens is 3. The summed E-state index contributed by atoms with van der Waals surface area (Å²) in [6.45, 7) is 17.3. The van der Waals surface area contributed by atoms with Crippen LogP contribution in [-0.4, -0.2) is 27.7 Å². The summed E-state index contributed by atoms with van der Waals surface area (Å²) in [5, 5.41) is 7.22. The fourth-order valence-electron chi connectivity index (χ4n) is 5.31. The van der Waals surface area contributed by atoms with E-state index in [0.717, 1.165) is 106 Å². The van der Waals surface area contributed by atoms with E-state index in [2.05, 4.69) is 88.1 Å². The summed E-state index contributed by atoms with van der Waals surface area (Å²) in [4.78, 5) is 21.5. The number of fused-ring (bicyclic) bond motifs is 1. The van der Waals surface area contributed by atoms with Gasteiger partial charge in [0.15, 0.2) is 5.65 Å². The number of aryl methyl sites for hydroxylation is 2. The van der Waals surface area contributed by atoms with E-state index in [1.807, 2.05) is 0 Å². The van der Waals surface area contributed by atoms with Crippen molar-refractivity contribution in [1.82, 2.24) is 14.6 Å². The summed E-state index contributed by atoms with van der Waals surface area (Å²) in [6.07, 6.45) is 12.3. The summed E-state index contributed by atoms with van der Waals surface area (Å²) in [6, 6.07) is 6.59. The van der Waals surface area contributed by atoms with Gasteiger partial charge in [0.25, 0.3) is 5.56 Å². The van der Waals surface area contributed by atoms with E-state index in [4.69, 9.17) is 4.98 Å². The third kappa shape index (κ3) is 7.14. The number of benzene rings is 1. The predicted octanol–water partition coefficient (Wildman–Crippen LogP) is 8.59. The normalized spacial score (nSPS) is 11.9. The number of unbranched alkanes of at least 4 members (excludes halogenated alkanes) is 4. The Morgan fingerprint density at radius 3 is 2.36 bits per heavy atom. The van der Waals surface area contributed by atoms with Crippen LogP contribution in [0.2, 0.25) is 0 Å². The summed E-state index contributed by atoms with van der Waals surface area (Å²) in [7, 11) is 0. The van der Waals surface area contributed by atoms with Crippen molar-refractivity contribution in [1.29, 1.82) is 0 Å². The lowest BCUT2D eigenvalue weighted by atomic mass is 10.0. The van der Waals surface area contributed by atoms with Gasteiger partial charge in [0.05, 0.1) is 11.4 Å². The van der Waals surface area contributed by atoms with Crippen LogP contribution < -0.4 is 15.8 Å². The van der Waals surface area contributed by atoms with E-state index in [1.165, 1.54) is 16.8 Å². The maximum absolute atomic E-state index is 13.9. The van der Waals surface area contributed by atoms with Crippen molar-refractivity contribution < 1.29 is 0 Å². The number of rotatable bonds is 16. The Morgan fingerprint density at radius 2 is 1.74 bits per heavy atom. The average Bonchev–Trinajstić information content (AvgIpc) is 3.29. The first kappa shape index (κ1) is 30.5. The molecule has 0 saturated carbocycles. The Kier molecular flexibility index (Phi) is 11.7. The number of H-pyrrole nitrogens is 1. The zero-order chi connectivity index (χ0) is 28.4. The lowest BCUT2D eigenvalue weighted by molar-refractivity contribution is 0.686. The minimum absolute atomic E-state index is 0.0498. The highest BCUT2D eigenvalue weighted by molar-refractivity contribution is 5.87. The molecule has 0 aliphatic rings.